The molecule has 3 atom stereocenters. The topological polar surface area (TPSA) is 46.2 Å². The van der Waals surface area contributed by atoms with E-state index in [1.807, 2.05) is 12.1 Å². The van der Waals surface area contributed by atoms with Gasteiger partial charge in [-0.25, -0.2) is 0 Å². The van der Waals surface area contributed by atoms with Crippen LogP contribution >= 0.6 is 0 Å². The molecule has 0 heterocycles. The quantitative estimate of drug-likeness (QED) is 0.861. The van der Waals surface area contributed by atoms with Crippen molar-refractivity contribution in [1.82, 2.24) is 0 Å². The van der Waals surface area contributed by atoms with Gasteiger partial charge in [0, 0.05) is 12.0 Å². The van der Waals surface area contributed by atoms with Crippen LogP contribution in [0.4, 0.5) is 0 Å². The molecule has 2 heteroatoms. The maximum absolute atomic E-state index is 10.7. The Morgan fingerprint density at radius 2 is 2.06 bits per heavy atom. The molecular weight excluding hydrogens is 222 g/mol. The van der Waals surface area contributed by atoms with Crippen LogP contribution in [-0.2, 0) is 0 Å². The van der Waals surface area contributed by atoms with Gasteiger partial charge in [0.25, 0.3) is 0 Å². The average Bonchev–Trinajstić information content (AvgIpc) is 2.38. The fourth-order valence-electron chi connectivity index (χ4n) is 3.35. The van der Waals surface area contributed by atoms with E-state index in [4.69, 9.17) is 5.73 Å². The van der Waals surface area contributed by atoms with E-state index in [1.54, 1.807) is 0 Å². The van der Waals surface area contributed by atoms with E-state index in [9.17, 15) is 5.11 Å². The minimum atomic E-state index is -0.425. The second-order valence-electron chi connectivity index (χ2n) is 6.08. The standard InChI is InChI=1S/C16H25NO/c1-12-5-7-14(8-6-12)15(18)16(11-17)9-3-4-13(2)10-16/h5-8,13,15,18H,3-4,9-11,17H2,1-2H3. The van der Waals surface area contributed by atoms with E-state index in [-0.39, 0.29) is 5.41 Å². The minimum Gasteiger partial charge on any atom is -0.388 e. The van der Waals surface area contributed by atoms with Gasteiger partial charge < -0.3 is 10.8 Å². The van der Waals surface area contributed by atoms with Gasteiger partial charge in [0.05, 0.1) is 6.10 Å². The van der Waals surface area contributed by atoms with E-state index in [0.29, 0.717) is 12.5 Å². The molecule has 1 aliphatic carbocycles. The Kier molecular flexibility index (Phi) is 4.08. The molecule has 3 unspecified atom stereocenters. The van der Waals surface area contributed by atoms with Gasteiger partial charge in [-0.05, 0) is 31.2 Å². The lowest BCUT2D eigenvalue weighted by Crippen LogP contribution is -2.40. The molecule has 0 spiro atoms. The normalized spacial score (nSPS) is 30.1. The van der Waals surface area contributed by atoms with Crippen LogP contribution in [0, 0.1) is 18.3 Å². The van der Waals surface area contributed by atoms with Gasteiger partial charge in [0.15, 0.2) is 0 Å². The van der Waals surface area contributed by atoms with Crippen LogP contribution in [0.2, 0.25) is 0 Å². The highest BCUT2D eigenvalue weighted by atomic mass is 16.3. The van der Waals surface area contributed by atoms with E-state index in [0.717, 1.165) is 18.4 Å². The predicted octanol–water partition coefficient (Wildman–Crippen LogP) is 3.18. The third-order valence-electron chi connectivity index (χ3n) is 4.51. The molecular formula is C16H25NO. The monoisotopic (exact) mass is 247 g/mol. The predicted molar refractivity (Wildman–Crippen MR) is 75.3 cm³/mol. The van der Waals surface area contributed by atoms with E-state index >= 15 is 0 Å². The Bertz CT molecular complexity index is 387. The molecule has 18 heavy (non-hydrogen) atoms. The van der Waals surface area contributed by atoms with Crippen molar-refractivity contribution in [3.05, 3.63) is 35.4 Å². The highest BCUT2D eigenvalue weighted by Gasteiger charge is 2.40. The van der Waals surface area contributed by atoms with Crippen LogP contribution in [-0.4, -0.2) is 11.7 Å². The van der Waals surface area contributed by atoms with Crippen LogP contribution in [0.25, 0.3) is 0 Å². The Morgan fingerprint density at radius 3 is 2.61 bits per heavy atom. The lowest BCUT2D eigenvalue weighted by atomic mass is 9.65. The highest BCUT2D eigenvalue weighted by molar-refractivity contribution is 5.25. The summed E-state index contributed by atoms with van der Waals surface area (Å²) in [5, 5.41) is 10.7. The number of nitrogens with two attached hydrogens (primary N) is 1. The molecule has 0 aliphatic heterocycles. The Hall–Kier alpha value is -0.860. The van der Waals surface area contributed by atoms with Crippen molar-refractivity contribution in [2.45, 2.75) is 45.6 Å². The van der Waals surface area contributed by atoms with Gasteiger partial charge in [-0.3, -0.25) is 0 Å². The molecule has 1 aromatic carbocycles. The number of hydrogen-bond donors (Lipinski definition) is 2. The summed E-state index contributed by atoms with van der Waals surface area (Å²) in [7, 11) is 0. The highest BCUT2D eigenvalue weighted by Crippen LogP contribution is 2.47. The lowest BCUT2D eigenvalue weighted by Gasteiger charge is -2.43. The summed E-state index contributed by atoms with van der Waals surface area (Å²) in [6.45, 7) is 4.91. The van der Waals surface area contributed by atoms with Crippen molar-refractivity contribution in [2.24, 2.45) is 17.1 Å². The maximum atomic E-state index is 10.7. The summed E-state index contributed by atoms with van der Waals surface area (Å²) in [6.07, 6.45) is 4.11. The van der Waals surface area contributed by atoms with Gasteiger partial charge in [-0.1, -0.05) is 49.6 Å². The van der Waals surface area contributed by atoms with Gasteiger partial charge in [-0.2, -0.15) is 0 Å². The van der Waals surface area contributed by atoms with Crippen molar-refractivity contribution in [2.75, 3.05) is 6.54 Å². The Labute approximate surface area is 110 Å². The Balaban J connectivity index is 2.23. The number of aliphatic hydroxyl groups is 1. The zero-order valence-corrected chi connectivity index (χ0v) is 11.5. The summed E-state index contributed by atoms with van der Waals surface area (Å²) in [5.74, 6) is 0.669. The van der Waals surface area contributed by atoms with Gasteiger partial charge in [0.1, 0.15) is 0 Å². The SMILES string of the molecule is Cc1ccc(C(O)C2(CN)CCCC(C)C2)cc1. The molecule has 1 fully saturated rings. The fraction of sp³-hybridized carbons (Fsp3) is 0.625. The first kappa shape index (κ1) is 13.6. The lowest BCUT2D eigenvalue weighted by molar-refractivity contribution is -0.0130. The van der Waals surface area contributed by atoms with Crippen LogP contribution in [0.15, 0.2) is 24.3 Å². The van der Waals surface area contributed by atoms with Gasteiger partial charge in [0.2, 0.25) is 0 Å². The average molecular weight is 247 g/mol. The zero-order valence-electron chi connectivity index (χ0n) is 11.5. The third kappa shape index (κ3) is 2.60. The van der Waals surface area contributed by atoms with E-state index in [1.165, 1.54) is 18.4 Å². The number of benzene rings is 1. The van der Waals surface area contributed by atoms with Crippen molar-refractivity contribution >= 4 is 0 Å². The van der Waals surface area contributed by atoms with Gasteiger partial charge in [-0.15, -0.1) is 0 Å². The van der Waals surface area contributed by atoms with Crippen molar-refractivity contribution < 1.29 is 5.11 Å². The van der Waals surface area contributed by atoms with Crippen molar-refractivity contribution in [3.8, 4) is 0 Å². The molecule has 0 amide bonds. The zero-order chi connectivity index (χ0) is 13.2. The minimum absolute atomic E-state index is 0.118. The molecule has 0 radical (unpaired) electrons. The number of hydrogen-bond acceptors (Lipinski definition) is 2. The third-order valence-corrected chi connectivity index (χ3v) is 4.51. The smallest absolute Gasteiger partial charge is 0.0858 e. The molecule has 1 saturated carbocycles. The van der Waals surface area contributed by atoms with E-state index in [2.05, 4.69) is 26.0 Å². The summed E-state index contributed by atoms with van der Waals surface area (Å²) < 4.78 is 0. The summed E-state index contributed by atoms with van der Waals surface area (Å²) in [4.78, 5) is 0. The molecule has 100 valence electrons. The summed E-state index contributed by atoms with van der Waals surface area (Å²) >= 11 is 0. The van der Waals surface area contributed by atoms with Crippen molar-refractivity contribution in [3.63, 3.8) is 0 Å². The second-order valence-corrected chi connectivity index (χ2v) is 6.08. The van der Waals surface area contributed by atoms with Crippen LogP contribution in [0.3, 0.4) is 0 Å². The van der Waals surface area contributed by atoms with Crippen LogP contribution in [0.1, 0.15) is 49.8 Å². The molecule has 0 bridgehead atoms. The number of aliphatic hydroxyl groups excluding tert-OH is 1. The maximum Gasteiger partial charge on any atom is 0.0858 e. The molecule has 1 aromatic rings. The molecule has 0 saturated heterocycles. The molecule has 2 rings (SSSR count). The van der Waals surface area contributed by atoms with Crippen molar-refractivity contribution in [1.29, 1.82) is 0 Å². The summed E-state index contributed by atoms with van der Waals surface area (Å²) in [5.41, 5.74) is 8.13. The molecule has 3 N–H and O–H groups in total. The first-order valence-electron chi connectivity index (χ1n) is 7.02. The largest absolute Gasteiger partial charge is 0.388 e. The number of aryl methyl sites for hydroxylation is 1. The fourth-order valence-corrected chi connectivity index (χ4v) is 3.35. The number of rotatable bonds is 3. The molecule has 2 nitrogen and oxygen atoms in total. The Morgan fingerprint density at radius 1 is 1.39 bits per heavy atom. The van der Waals surface area contributed by atoms with Crippen LogP contribution in [0.5, 0.6) is 0 Å². The first-order valence-corrected chi connectivity index (χ1v) is 7.02. The summed E-state index contributed by atoms with van der Waals surface area (Å²) in [6, 6.07) is 8.21. The molecule has 1 aliphatic rings. The first-order chi connectivity index (χ1) is 8.57. The molecule has 0 aromatic heterocycles. The van der Waals surface area contributed by atoms with E-state index < -0.39 is 6.10 Å². The van der Waals surface area contributed by atoms with Gasteiger partial charge >= 0.3 is 0 Å². The second kappa shape index (κ2) is 5.41. The van der Waals surface area contributed by atoms with Crippen LogP contribution < -0.4 is 5.73 Å².